The summed E-state index contributed by atoms with van der Waals surface area (Å²) in [5, 5.41) is 1.07. The summed E-state index contributed by atoms with van der Waals surface area (Å²) in [5.74, 6) is 1.56. The quantitative estimate of drug-likeness (QED) is 0.632. The lowest BCUT2D eigenvalue weighted by Gasteiger charge is -2.06. The molecule has 94 valence electrons. The number of thiophene rings is 1. The highest BCUT2D eigenvalue weighted by atomic mass is 79.9. The molecule has 0 aliphatic heterocycles. The number of hydrogen-bond donors (Lipinski definition) is 0. The Morgan fingerprint density at radius 2 is 2.00 bits per heavy atom. The molecule has 0 unspecified atom stereocenters. The Hall–Kier alpha value is -1.65. The third kappa shape index (κ3) is 2.55. The zero-order valence-corrected chi connectivity index (χ0v) is 12.4. The van der Waals surface area contributed by atoms with Gasteiger partial charge in [0.05, 0.1) is 10.9 Å². The van der Waals surface area contributed by atoms with Crippen LogP contribution in [-0.2, 0) is 0 Å². The normalized spacial score (nSPS) is 10.6. The van der Waals surface area contributed by atoms with Crippen LogP contribution in [0.1, 0.15) is 4.88 Å². The molecule has 1 aromatic carbocycles. The fourth-order valence-electron chi connectivity index (χ4n) is 1.77. The average Bonchev–Trinajstić information content (AvgIpc) is 2.85. The zero-order valence-electron chi connectivity index (χ0n) is 9.97. The van der Waals surface area contributed by atoms with Crippen molar-refractivity contribution in [2.24, 2.45) is 0 Å². The Morgan fingerprint density at radius 1 is 1.21 bits per heavy atom. The van der Waals surface area contributed by atoms with E-state index in [4.69, 9.17) is 4.74 Å². The Kier molecular flexibility index (Phi) is 3.36. The highest BCUT2D eigenvalue weighted by Crippen LogP contribution is 2.34. The summed E-state index contributed by atoms with van der Waals surface area (Å²) in [5.41, 5.74) is 0. The van der Waals surface area contributed by atoms with Crippen molar-refractivity contribution in [2.75, 3.05) is 0 Å². The fraction of sp³-hybridized carbons (Fsp3) is 0. The van der Waals surface area contributed by atoms with Gasteiger partial charge in [-0.1, -0.05) is 28.6 Å². The molecular weight excluding hydrogens is 322 g/mol. The molecule has 19 heavy (non-hydrogen) atoms. The van der Waals surface area contributed by atoms with E-state index in [1.807, 2.05) is 36.5 Å². The molecule has 0 amide bonds. The summed E-state index contributed by atoms with van der Waals surface area (Å²) in [7, 11) is 0. The predicted molar refractivity (Wildman–Crippen MR) is 83.9 cm³/mol. The molecule has 0 bridgehead atoms. The number of aromatic nitrogens is 1. The van der Waals surface area contributed by atoms with Gasteiger partial charge in [0.1, 0.15) is 5.75 Å². The van der Waals surface area contributed by atoms with Crippen LogP contribution in [0.2, 0.25) is 0 Å². The molecule has 2 nitrogen and oxygen atoms in total. The zero-order chi connectivity index (χ0) is 13.2. The lowest BCUT2D eigenvalue weighted by molar-refractivity contribution is 0.486. The average molecular weight is 332 g/mol. The van der Waals surface area contributed by atoms with Crippen LogP contribution >= 0.6 is 27.3 Å². The lowest BCUT2D eigenvalue weighted by Crippen LogP contribution is -1.85. The molecule has 0 aliphatic carbocycles. The molecule has 0 fully saturated rings. The van der Waals surface area contributed by atoms with Crippen molar-refractivity contribution in [3.05, 3.63) is 58.7 Å². The van der Waals surface area contributed by atoms with E-state index in [2.05, 4.69) is 33.6 Å². The Morgan fingerprint density at radius 3 is 2.74 bits per heavy atom. The van der Waals surface area contributed by atoms with E-state index in [1.165, 1.54) is 0 Å². The standard InChI is InChI=1S/C15H10BrNOS/c1-2-12-7-13-14(8-17-9-15(13)19-12)18-11-5-3-10(16)4-6-11/h2-9H,1H2. The second-order valence-corrected chi connectivity index (χ2v) is 5.99. The molecule has 0 aliphatic rings. The highest BCUT2D eigenvalue weighted by molar-refractivity contribution is 9.10. The van der Waals surface area contributed by atoms with Crippen LogP contribution in [0.25, 0.3) is 16.2 Å². The number of nitrogens with zero attached hydrogens (tertiary/aromatic N) is 1. The molecular formula is C15H10BrNOS. The Labute approximate surface area is 123 Å². The second kappa shape index (κ2) is 5.15. The molecule has 0 saturated carbocycles. The van der Waals surface area contributed by atoms with Crippen molar-refractivity contribution < 1.29 is 4.74 Å². The molecule has 0 N–H and O–H groups in total. The van der Waals surface area contributed by atoms with Crippen molar-refractivity contribution in [2.45, 2.75) is 0 Å². The van der Waals surface area contributed by atoms with Crippen molar-refractivity contribution in [3.8, 4) is 11.5 Å². The molecule has 0 atom stereocenters. The summed E-state index contributed by atoms with van der Waals surface area (Å²) in [4.78, 5) is 5.33. The topological polar surface area (TPSA) is 22.1 Å². The van der Waals surface area contributed by atoms with Crippen molar-refractivity contribution in [1.82, 2.24) is 4.98 Å². The summed E-state index contributed by atoms with van der Waals surface area (Å²) in [6.45, 7) is 3.79. The van der Waals surface area contributed by atoms with Gasteiger partial charge in [-0.15, -0.1) is 11.3 Å². The van der Waals surface area contributed by atoms with Crippen molar-refractivity contribution >= 4 is 43.4 Å². The SMILES string of the molecule is C=Cc1cc2c(Oc3ccc(Br)cc3)cncc2s1. The first kappa shape index (κ1) is 12.4. The summed E-state index contributed by atoms with van der Waals surface area (Å²) >= 11 is 5.06. The summed E-state index contributed by atoms with van der Waals surface area (Å²) < 4.78 is 8.02. The molecule has 4 heteroatoms. The van der Waals surface area contributed by atoms with Gasteiger partial charge >= 0.3 is 0 Å². The third-order valence-electron chi connectivity index (χ3n) is 2.67. The van der Waals surface area contributed by atoms with Gasteiger partial charge in [-0.25, -0.2) is 0 Å². The van der Waals surface area contributed by atoms with Gasteiger partial charge in [0.25, 0.3) is 0 Å². The number of ether oxygens (including phenoxy) is 1. The number of hydrogen-bond acceptors (Lipinski definition) is 3. The summed E-state index contributed by atoms with van der Waals surface area (Å²) in [6.07, 6.45) is 5.43. The van der Waals surface area contributed by atoms with Crippen molar-refractivity contribution in [3.63, 3.8) is 0 Å². The molecule has 2 heterocycles. The first-order chi connectivity index (χ1) is 9.26. The number of pyridine rings is 1. The predicted octanol–water partition coefficient (Wildman–Crippen LogP) is 5.49. The van der Waals surface area contributed by atoms with E-state index in [-0.39, 0.29) is 0 Å². The van der Waals surface area contributed by atoms with E-state index in [0.29, 0.717) is 0 Å². The van der Waals surface area contributed by atoms with E-state index < -0.39 is 0 Å². The molecule has 0 radical (unpaired) electrons. The number of halogens is 1. The van der Waals surface area contributed by atoms with E-state index in [0.717, 1.165) is 30.9 Å². The van der Waals surface area contributed by atoms with Crippen LogP contribution in [0.15, 0.2) is 53.8 Å². The maximum absolute atomic E-state index is 5.89. The number of rotatable bonds is 3. The monoisotopic (exact) mass is 331 g/mol. The second-order valence-electron chi connectivity index (χ2n) is 3.96. The van der Waals surface area contributed by atoms with E-state index in [9.17, 15) is 0 Å². The van der Waals surface area contributed by atoms with E-state index >= 15 is 0 Å². The minimum absolute atomic E-state index is 0.768. The maximum atomic E-state index is 5.89. The third-order valence-corrected chi connectivity index (χ3v) is 4.27. The van der Waals surface area contributed by atoms with E-state index in [1.54, 1.807) is 17.5 Å². The molecule has 2 aromatic heterocycles. The minimum atomic E-state index is 0.768. The van der Waals surface area contributed by atoms with Crippen LogP contribution in [-0.4, -0.2) is 4.98 Å². The Bertz CT molecular complexity index is 733. The first-order valence-corrected chi connectivity index (χ1v) is 7.30. The van der Waals surface area contributed by atoms with Crippen LogP contribution in [0.3, 0.4) is 0 Å². The first-order valence-electron chi connectivity index (χ1n) is 5.69. The smallest absolute Gasteiger partial charge is 0.154 e. The highest BCUT2D eigenvalue weighted by Gasteiger charge is 2.07. The lowest BCUT2D eigenvalue weighted by atomic mass is 10.3. The van der Waals surface area contributed by atoms with Gasteiger partial charge in [0, 0.05) is 20.9 Å². The minimum Gasteiger partial charge on any atom is -0.455 e. The fourth-order valence-corrected chi connectivity index (χ4v) is 2.93. The van der Waals surface area contributed by atoms with Crippen LogP contribution < -0.4 is 4.74 Å². The maximum Gasteiger partial charge on any atom is 0.154 e. The van der Waals surface area contributed by atoms with Gasteiger partial charge in [-0.05, 0) is 30.3 Å². The largest absolute Gasteiger partial charge is 0.455 e. The Balaban J connectivity index is 2.02. The van der Waals surface area contributed by atoms with Crippen LogP contribution in [0, 0.1) is 0 Å². The van der Waals surface area contributed by atoms with Gasteiger partial charge in [-0.3, -0.25) is 4.98 Å². The molecule has 0 saturated heterocycles. The molecule has 3 rings (SSSR count). The van der Waals surface area contributed by atoms with Gasteiger partial charge in [0.2, 0.25) is 0 Å². The number of benzene rings is 1. The molecule has 3 aromatic rings. The summed E-state index contributed by atoms with van der Waals surface area (Å²) in [6, 6.07) is 9.81. The van der Waals surface area contributed by atoms with Crippen LogP contribution in [0.5, 0.6) is 11.5 Å². The van der Waals surface area contributed by atoms with Gasteiger partial charge in [0.15, 0.2) is 5.75 Å². The number of fused-ring (bicyclic) bond motifs is 1. The van der Waals surface area contributed by atoms with Gasteiger partial charge in [-0.2, -0.15) is 0 Å². The van der Waals surface area contributed by atoms with Crippen molar-refractivity contribution in [1.29, 1.82) is 0 Å². The van der Waals surface area contributed by atoms with Crippen LogP contribution in [0.4, 0.5) is 0 Å². The van der Waals surface area contributed by atoms with Gasteiger partial charge < -0.3 is 4.74 Å². The molecule has 0 spiro atoms.